The number of likely N-dealkylation sites (tertiary alicyclic amines) is 1. The molecule has 146 valence electrons. The second-order valence-electron chi connectivity index (χ2n) is 6.79. The molecular weight excluding hydrogens is 356 g/mol. The zero-order chi connectivity index (χ0) is 19.9. The third kappa shape index (κ3) is 4.39. The summed E-state index contributed by atoms with van der Waals surface area (Å²) in [6.07, 6.45) is 2.61. The number of para-hydroxylation sites is 1. The molecule has 6 heteroatoms. The van der Waals surface area contributed by atoms with Gasteiger partial charge in [-0.3, -0.25) is 9.59 Å². The predicted octanol–water partition coefficient (Wildman–Crippen LogP) is 2.23. The van der Waals surface area contributed by atoms with E-state index in [1.54, 1.807) is 29.2 Å². The number of nitrogens with zero attached hydrogens (tertiary/aromatic N) is 1. The lowest BCUT2D eigenvalue weighted by Gasteiger charge is -2.27. The molecule has 0 bridgehead atoms. The minimum absolute atomic E-state index is 0.235. The summed E-state index contributed by atoms with van der Waals surface area (Å²) < 4.78 is 5.26. The van der Waals surface area contributed by atoms with Crippen LogP contribution >= 0.6 is 0 Å². The summed E-state index contributed by atoms with van der Waals surface area (Å²) in [5.41, 5.74) is 1.30. The molecule has 1 N–H and O–H groups in total. The van der Waals surface area contributed by atoms with E-state index in [1.165, 1.54) is 7.11 Å². The normalized spacial score (nSPS) is 17.0. The van der Waals surface area contributed by atoms with Crippen LogP contribution in [0.5, 0.6) is 5.75 Å². The van der Waals surface area contributed by atoms with Crippen molar-refractivity contribution in [3.8, 4) is 5.75 Å². The predicted molar refractivity (Wildman–Crippen MR) is 105 cm³/mol. The fraction of sp³-hybridized carbons (Fsp3) is 0.318. The number of amides is 2. The standard InChI is InChI=1S/C22H24N2O4/c1-28-20-12-6-5-11-18(20)21(26)23-19(14-16-8-3-2-4-9-16)22(27)24-13-7-10-17(24)15-25/h2-6,8-9,11-12,15,17,19H,7,10,13-14H2,1H3,(H,23,26)/t17-,19-/m0/s1. The van der Waals surface area contributed by atoms with Crippen molar-refractivity contribution in [3.05, 3.63) is 65.7 Å². The van der Waals surface area contributed by atoms with Gasteiger partial charge in [0.25, 0.3) is 5.91 Å². The number of ether oxygens (including phenoxy) is 1. The van der Waals surface area contributed by atoms with E-state index in [4.69, 9.17) is 4.74 Å². The van der Waals surface area contributed by atoms with Gasteiger partial charge in [-0.1, -0.05) is 42.5 Å². The topological polar surface area (TPSA) is 75.7 Å². The Morgan fingerprint density at radius 1 is 1.18 bits per heavy atom. The smallest absolute Gasteiger partial charge is 0.255 e. The Labute approximate surface area is 164 Å². The maximum Gasteiger partial charge on any atom is 0.255 e. The highest BCUT2D eigenvalue weighted by Crippen LogP contribution is 2.20. The van der Waals surface area contributed by atoms with Gasteiger partial charge in [-0.05, 0) is 30.5 Å². The summed E-state index contributed by atoms with van der Waals surface area (Å²) in [7, 11) is 1.50. The molecule has 0 spiro atoms. The van der Waals surface area contributed by atoms with Crippen molar-refractivity contribution in [1.29, 1.82) is 0 Å². The number of hydrogen-bond donors (Lipinski definition) is 1. The molecular formula is C22H24N2O4. The van der Waals surface area contributed by atoms with Crippen molar-refractivity contribution in [3.63, 3.8) is 0 Å². The molecule has 2 aromatic carbocycles. The lowest BCUT2D eigenvalue weighted by atomic mass is 10.0. The van der Waals surface area contributed by atoms with Crippen LogP contribution in [0.3, 0.4) is 0 Å². The largest absolute Gasteiger partial charge is 0.496 e. The van der Waals surface area contributed by atoms with Crippen LogP contribution in [-0.4, -0.2) is 48.7 Å². The Balaban J connectivity index is 1.84. The Morgan fingerprint density at radius 2 is 1.89 bits per heavy atom. The molecule has 2 amide bonds. The Kier molecular flexibility index (Phi) is 6.42. The van der Waals surface area contributed by atoms with Crippen LogP contribution < -0.4 is 10.1 Å². The molecule has 1 aliphatic heterocycles. The van der Waals surface area contributed by atoms with Crippen LogP contribution in [0.1, 0.15) is 28.8 Å². The fourth-order valence-electron chi connectivity index (χ4n) is 3.53. The first-order valence-electron chi connectivity index (χ1n) is 9.37. The monoisotopic (exact) mass is 380 g/mol. The number of hydrogen-bond acceptors (Lipinski definition) is 4. The van der Waals surface area contributed by atoms with Crippen molar-refractivity contribution in [2.24, 2.45) is 0 Å². The molecule has 1 aliphatic rings. The zero-order valence-electron chi connectivity index (χ0n) is 15.8. The number of benzene rings is 2. The molecule has 1 fully saturated rings. The van der Waals surface area contributed by atoms with E-state index in [9.17, 15) is 14.4 Å². The van der Waals surface area contributed by atoms with Gasteiger partial charge in [0.1, 0.15) is 18.1 Å². The first-order chi connectivity index (χ1) is 13.6. The molecule has 6 nitrogen and oxygen atoms in total. The molecule has 0 unspecified atom stereocenters. The van der Waals surface area contributed by atoms with E-state index in [0.717, 1.165) is 18.3 Å². The first-order valence-corrected chi connectivity index (χ1v) is 9.37. The summed E-state index contributed by atoms with van der Waals surface area (Å²) in [5.74, 6) is -0.173. The minimum Gasteiger partial charge on any atom is -0.496 e. The van der Waals surface area contributed by atoms with E-state index in [-0.39, 0.29) is 11.8 Å². The average Bonchev–Trinajstić information content (AvgIpc) is 3.22. The number of methoxy groups -OCH3 is 1. The van der Waals surface area contributed by atoms with Gasteiger partial charge in [0.05, 0.1) is 18.7 Å². The first kappa shape index (κ1) is 19.6. The van der Waals surface area contributed by atoms with Gasteiger partial charge in [-0.2, -0.15) is 0 Å². The highest BCUT2D eigenvalue weighted by Gasteiger charge is 2.34. The minimum atomic E-state index is -0.764. The lowest BCUT2D eigenvalue weighted by molar-refractivity contribution is -0.136. The van der Waals surface area contributed by atoms with Gasteiger partial charge in [-0.15, -0.1) is 0 Å². The van der Waals surface area contributed by atoms with Gasteiger partial charge < -0.3 is 19.7 Å². The maximum atomic E-state index is 13.2. The van der Waals surface area contributed by atoms with E-state index in [1.807, 2.05) is 30.3 Å². The zero-order valence-corrected chi connectivity index (χ0v) is 15.8. The molecule has 1 heterocycles. The molecule has 0 aliphatic carbocycles. The number of nitrogens with one attached hydrogen (secondary N) is 1. The summed E-state index contributed by atoms with van der Waals surface area (Å²) in [6.45, 7) is 0.526. The Morgan fingerprint density at radius 3 is 2.61 bits per heavy atom. The summed E-state index contributed by atoms with van der Waals surface area (Å²) in [4.78, 5) is 38.9. The quantitative estimate of drug-likeness (QED) is 0.748. The van der Waals surface area contributed by atoms with Crippen LogP contribution in [0.25, 0.3) is 0 Å². The molecule has 0 radical (unpaired) electrons. The SMILES string of the molecule is COc1ccccc1C(=O)N[C@@H](Cc1ccccc1)C(=O)N1CCC[C@H]1C=O. The van der Waals surface area contributed by atoms with Gasteiger partial charge in [-0.25, -0.2) is 0 Å². The second kappa shape index (κ2) is 9.17. The number of aldehydes is 1. The lowest BCUT2D eigenvalue weighted by Crippen LogP contribution is -2.51. The van der Waals surface area contributed by atoms with Gasteiger partial charge in [0.15, 0.2) is 0 Å². The third-order valence-electron chi connectivity index (χ3n) is 4.98. The number of carbonyl (C=O) groups is 3. The summed E-state index contributed by atoms with van der Waals surface area (Å²) >= 11 is 0. The molecule has 0 saturated carbocycles. The summed E-state index contributed by atoms with van der Waals surface area (Å²) in [5, 5.41) is 2.85. The van der Waals surface area contributed by atoms with E-state index >= 15 is 0 Å². The van der Waals surface area contributed by atoms with Gasteiger partial charge >= 0.3 is 0 Å². The maximum absolute atomic E-state index is 13.2. The van der Waals surface area contributed by atoms with E-state index in [0.29, 0.717) is 30.7 Å². The molecule has 1 saturated heterocycles. The molecule has 28 heavy (non-hydrogen) atoms. The van der Waals surface area contributed by atoms with Crippen molar-refractivity contribution in [1.82, 2.24) is 10.2 Å². The van der Waals surface area contributed by atoms with Crippen molar-refractivity contribution >= 4 is 18.1 Å². The number of carbonyl (C=O) groups excluding carboxylic acids is 3. The second-order valence-corrected chi connectivity index (χ2v) is 6.79. The highest BCUT2D eigenvalue weighted by molar-refractivity contribution is 6.00. The van der Waals surface area contributed by atoms with Gasteiger partial charge in [0, 0.05) is 13.0 Å². The molecule has 2 atom stereocenters. The van der Waals surface area contributed by atoms with Crippen LogP contribution in [-0.2, 0) is 16.0 Å². The van der Waals surface area contributed by atoms with Crippen molar-refractivity contribution < 1.29 is 19.1 Å². The Hall–Kier alpha value is -3.15. The molecule has 2 aromatic rings. The van der Waals surface area contributed by atoms with E-state index < -0.39 is 12.1 Å². The van der Waals surface area contributed by atoms with Crippen LogP contribution in [0, 0.1) is 0 Å². The molecule has 0 aromatic heterocycles. The van der Waals surface area contributed by atoms with Crippen molar-refractivity contribution in [2.45, 2.75) is 31.3 Å². The summed E-state index contributed by atoms with van der Waals surface area (Å²) in [6, 6.07) is 15.2. The van der Waals surface area contributed by atoms with E-state index in [2.05, 4.69) is 5.32 Å². The third-order valence-corrected chi connectivity index (χ3v) is 4.98. The van der Waals surface area contributed by atoms with Gasteiger partial charge in [0.2, 0.25) is 5.91 Å². The van der Waals surface area contributed by atoms with Crippen LogP contribution in [0.4, 0.5) is 0 Å². The number of rotatable bonds is 7. The average molecular weight is 380 g/mol. The van der Waals surface area contributed by atoms with Crippen molar-refractivity contribution in [2.75, 3.05) is 13.7 Å². The van der Waals surface area contributed by atoms with Crippen LogP contribution in [0.2, 0.25) is 0 Å². The van der Waals surface area contributed by atoms with Crippen LogP contribution in [0.15, 0.2) is 54.6 Å². The fourth-order valence-corrected chi connectivity index (χ4v) is 3.53. The molecule has 3 rings (SSSR count). The Bertz CT molecular complexity index is 837. The highest BCUT2D eigenvalue weighted by atomic mass is 16.5.